The Labute approximate surface area is 177 Å². The Bertz CT molecular complexity index is 1130. The first-order valence-electron chi connectivity index (χ1n) is 9.69. The first-order chi connectivity index (χ1) is 15.0. The summed E-state index contributed by atoms with van der Waals surface area (Å²) < 4.78 is 13.2. The standard InChI is InChI=1S/C23H19FN4O3/c24-16-7-5-15(6-8-16)22(30)18-3-1-2-4-19(18)23(31)27-17-9-10-20(26-13-17)28-12-11-25-21(29)14-28/h1-10,13H,11-12,14H2,(H,25,29)(H,27,31). The summed E-state index contributed by atoms with van der Waals surface area (Å²) in [5.41, 5.74) is 1.17. The van der Waals surface area contributed by atoms with Crippen molar-refractivity contribution in [2.24, 2.45) is 0 Å². The second-order valence-electron chi connectivity index (χ2n) is 7.01. The lowest BCUT2D eigenvalue weighted by Gasteiger charge is -2.27. The molecule has 0 saturated carbocycles. The monoisotopic (exact) mass is 418 g/mol. The maximum absolute atomic E-state index is 13.2. The number of amides is 2. The third kappa shape index (κ3) is 4.58. The fourth-order valence-corrected chi connectivity index (χ4v) is 3.32. The summed E-state index contributed by atoms with van der Waals surface area (Å²) in [4.78, 5) is 43.4. The van der Waals surface area contributed by atoms with Crippen LogP contribution in [0.1, 0.15) is 26.3 Å². The molecule has 7 nitrogen and oxygen atoms in total. The lowest BCUT2D eigenvalue weighted by molar-refractivity contribution is -0.120. The van der Waals surface area contributed by atoms with Gasteiger partial charge in [0.05, 0.1) is 24.0 Å². The van der Waals surface area contributed by atoms with E-state index in [1.807, 2.05) is 4.90 Å². The zero-order valence-corrected chi connectivity index (χ0v) is 16.5. The van der Waals surface area contributed by atoms with E-state index in [0.717, 1.165) is 0 Å². The third-order valence-corrected chi connectivity index (χ3v) is 4.89. The SMILES string of the molecule is O=C1CN(c2ccc(NC(=O)c3ccccc3C(=O)c3ccc(F)cc3)cn2)CCN1. The Kier molecular flexibility index (Phi) is 5.70. The van der Waals surface area contributed by atoms with Gasteiger partial charge < -0.3 is 15.5 Å². The van der Waals surface area contributed by atoms with Crippen LogP contribution in [0.5, 0.6) is 0 Å². The van der Waals surface area contributed by atoms with E-state index < -0.39 is 11.7 Å². The number of hydrogen-bond donors (Lipinski definition) is 2. The van der Waals surface area contributed by atoms with Gasteiger partial charge in [-0.15, -0.1) is 0 Å². The number of halogens is 1. The molecule has 31 heavy (non-hydrogen) atoms. The Morgan fingerprint density at radius 2 is 1.74 bits per heavy atom. The molecule has 0 radical (unpaired) electrons. The van der Waals surface area contributed by atoms with Crippen LogP contribution in [0, 0.1) is 5.82 Å². The highest BCUT2D eigenvalue weighted by Gasteiger charge is 2.20. The van der Waals surface area contributed by atoms with Gasteiger partial charge in [-0.1, -0.05) is 18.2 Å². The van der Waals surface area contributed by atoms with Crippen molar-refractivity contribution in [2.45, 2.75) is 0 Å². The molecule has 2 heterocycles. The molecule has 3 aromatic rings. The molecule has 0 unspecified atom stereocenters. The molecular formula is C23H19FN4O3. The summed E-state index contributed by atoms with van der Waals surface area (Å²) in [6, 6.07) is 15.0. The van der Waals surface area contributed by atoms with Crippen molar-refractivity contribution in [3.8, 4) is 0 Å². The fourth-order valence-electron chi connectivity index (χ4n) is 3.32. The number of benzene rings is 2. The van der Waals surface area contributed by atoms with Crippen LogP contribution in [0.2, 0.25) is 0 Å². The molecule has 1 fully saturated rings. The van der Waals surface area contributed by atoms with Crippen molar-refractivity contribution in [1.82, 2.24) is 10.3 Å². The van der Waals surface area contributed by atoms with Gasteiger partial charge in [-0.25, -0.2) is 9.37 Å². The van der Waals surface area contributed by atoms with E-state index >= 15 is 0 Å². The highest BCUT2D eigenvalue weighted by Crippen LogP contribution is 2.19. The van der Waals surface area contributed by atoms with Crippen molar-refractivity contribution < 1.29 is 18.8 Å². The van der Waals surface area contributed by atoms with Crippen LogP contribution in [0.4, 0.5) is 15.9 Å². The largest absolute Gasteiger partial charge is 0.353 e. The molecule has 0 aliphatic carbocycles. The Balaban J connectivity index is 1.51. The molecule has 0 atom stereocenters. The second-order valence-corrected chi connectivity index (χ2v) is 7.01. The van der Waals surface area contributed by atoms with Crippen LogP contribution >= 0.6 is 0 Å². The molecule has 2 N–H and O–H groups in total. The van der Waals surface area contributed by atoms with Gasteiger partial charge in [0.15, 0.2) is 5.78 Å². The number of aromatic nitrogens is 1. The maximum atomic E-state index is 13.2. The first kappa shape index (κ1) is 20.2. The lowest BCUT2D eigenvalue weighted by Crippen LogP contribution is -2.48. The molecule has 156 valence electrons. The normalized spacial score (nSPS) is 13.5. The molecule has 1 saturated heterocycles. The zero-order chi connectivity index (χ0) is 21.8. The van der Waals surface area contributed by atoms with Crippen LogP contribution in [-0.2, 0) is 4.79 Å². The minimum atomic E-state index is -0.460. The molecular weight excluding hydrogens is 399 g/mol. The number of anilines is 2. The number of rotatable bonds is 5. The summed E-state index contributed by atoms with van der Waals surface area (Å²) >= 11 is 0. The number of ketones is 1. The van der Waals surface area contributed by atoms with Crippen molar-refractivity contribution in [2.75, 3.05) is 29.9 Å². The summed E-state index contributed by atoms with van der Waals surface area (Å²) in [6.45, 7) is 1.44. The summed E-state index contributed by atoms with van der Waals surface area (Å²) in [6.07, 6.45) is 1.50. The smallest absolute Gasteiger partial charge is 0.256 e. The number of nitrogens with zero attached hydrogens (tertiary/aromatic N) is 2. The van der Waals surface area contributed by atoms with Gasteiger partial charge in [0.25, 0.3) is 5.91 Å². The highest BCUT2D eigenvalue weighted by atomic mass is 19.1. The molecule has 1 aliphatic heterocycles. The molecule has 2 amide bonds. The van der Waals surface area contributed by atoms with Gasteiger partial charge in [0, 0.05) is 24.2 Å². The summed E-state index contributed by atoms with van der Waals surface area (Å²) in [5, 5.41) is 5.50. The summed E-state index contributed by atoms with van der Waals surface area (Å²) in [5.74, 6) is -0.697. The topological polar surface area (TPSA) is 91.4 Å². The van der Waals surface area contributed by atoms with Gasteiger partial charge in [0.1, 0.15) is 11.6 Å². The molecule has 8 heteroatoms. The maximum Gasteiger partial charge on any atom is 0.256 e. The van der Waals surface area contributed by atoms with Crippen molar-refractivity contribution in [1.29, 1.82) is 0 Å². The lowest BCUT2D eigenvalue weighted by atomic mass is 9.98. The van der Waals surface area contributed by atoms with E-state index in [1.54, 1.807) is 36.4 Å². The average Bonchev–Trinajstić information content (AvgIpc) is 2.79. The predicted molar refractivity (Wildman–Crippen MR) is 114 cm³/mol. The molecule has 1 aromatic heterocycles. The highest BCUT2D eigenvalue weighted by molar-refractivity contribution is 6.17. The molecule has 2 aromatic carbocycles. The van der Waals surface area contributed by atoms with Crippen LogP contribution < -0.4 is 15.5 Å². The quantitative estimate of drug-likeness (QED) is 0.622. The summed E-state index contributed by atoms with van der Waals surface area (Å²) in [7, 11) is 0. The first-order valence-corrected chi connectivity index (χ1v) is 9.69. The van der Waals surface area contributed by atoms with Crippen molar-refractivity contribution in [3.63, 3.8) is 0 Å². The number of carbonyl (C=O) groups is 3. The molecule has 0 bridgehead atoms. The average molecular weight is 418 g/mol. The number of nitrogens with one attached hydrogen (secondary N) is 2. The van der Waals surface area contributed by atoms with E-state index in [-0.39, 0.29) is 29.4 Å². The van der Waals surface area contributed by atoms with Crippen molar-refractivity contribution >= 4 is 29.1 Å². The van der Waals surface area contributed by atoms with Crippen LogP contribution in [0.15, 0.2) is 66.9 Å². The Morgan fingerprint density at radius 1 is 1.00 bits per heavy atom. The van der Waals surface area contributed by atoms with Crippen molar-refractivity contribution in [3.05, 3.63) is 89.4 Å². The molecule has 4 rings (SSSR count). The van der Waals surface area contributed by atoms with E-state index in [1.165, 1.54) is 30.5 Å². The van der Waals surface area contributed by atoms with Crippen LogP contribution in [0.3, 0.4) is 0 Å². The van der Waals surface area contributed by atoms with Gasteiger partial charge >= 0.3 is 0 Å². The van der Waals surface area contributed by atoms with Crippen LogP contribution in [0.25, 0.3) is 0 Å². The second kappa shape index (κ2) is 8.74. The van der Waals surface area contributed by atoms with Gasteiger partial charge in [-0.05, 0) is 42.5 Å². The van der Waals surface area contributed by atoms with Crippen LogP contribution in [-0.4, -0.2) is 42.2 Å². The fraction of sp³-hybridized carbons (Fsp3) is 0.130. The van der Waals surface area contributed by atoms with E-state index in [9.17, 15) is 18.8 Å². The van der Waals surface area contributed by atoms with E-state index in [0.29, 0.717) is 30.2 Å². The van der Waals surface area contributed by atoms with E-state index in [2.05, 4.69) is 15.6 Å². The molecule has 1 aliphatic rings. The minimum Gasteiger partial charge on any atom is -0.353 e. The number of pyridine rings is 1. The minimum absolute atomic E-state index is 0.0622. The molecule has 0 spiro atoms. The number of carbonyl (C=O) groups excluding carboxylic acids is 3. The van der Waals surface area contributed by atoms with Gasteiger partial charge in [-0.2, -0.15) is 0 Å². The predicted octanol–water partition coefficient (Wildman–Crippen LogP) is 2.64. The zero-order valence-electron chi connectivity index (χ0n) is 16.5. The van der Waals surface area contributed by atoms with Gasteiger partial charge in [0.2, 0.25) is 5.91 Å². The Morgan fingerprint density at radius 3 is 2.42 bits per heavy atom. The number of hydrogen-bond acceptors (Lipinski definition) is 5. The van der Waals surface area contributed by atoms with Gasteiger partial charge in [-0.3, -0.25) is 14.4 Å². The number of piperazine rings is 1. The van der Waals surface area contributed by atoms with E-state index in [4.69, 9.17) is 0 Å². The Hall–Kier alpha value is -4.07. The third-order valence-electron chi connectivity index (χ3n) is 4.89.